The van der Waals surface area contributed by atoms with Crippen LogP contribution in [0.25, 0.3) is 10.2 Å². The molecule has 0 saturated carbocycles. The van der Waals surface area contributed by atoms with Crippen molar-refractivity contribution in [2.75, 3.05) is 13.7 Å². The van der Waals surface area contributed by atoms with Gasteiger partial charge in [-0.15, -0.1) is 0 Å². The molecule has 1 amide bonds. The van der Waals surface area contributed by atoms with Crippen LogP contribution in [-0.2, 0) is 11.3 Å². The molecule has 120 valence electrons. The molecule has 0 radical (unpaired) electrons. The van der Waals surface area contributed by atoms with Gasteiger partial charge in [0.25, 0.3) is 0 Å². The minimum atomic E-state index is -0.721. The second kappa shape index (κ2) is 6.39. The quantitative estimate of drug-likeness (QED) is 0.732. The third-order valence-electron chi connectivity index (χ3n) is 3.06. The largest absolute Gasteiger partial charge is 0.383 e. The molecule has 2 aromatic heterocycles. The van der Waals surface area contributed by atoms with Gasteiger partial charge in [0.1, 0.15) is 5.82 Å². The lowest BCUT2D eigenvalue weighted by molar-refractivity contribution is 0.0962. The fraction of sp³-hybridized carbons (Fsp3) is 0.214. The van der Waals surface area contributed by atoms with Crippen molar-refractivity contribution in [3.8, 4) is 0 Å². The van der Waals surface area contributed by atoms with Crippen LogP contribution in [0.5, 0.6) is 0 Å². The molecule has 0 N–H and O–H groups in total. The molecular weight excluding hydrogens is 328 g/mol. The molecule has 23 heavy (non-hydrogen) atoms. The number of ether oxygens (including phenoxy) is 1. The number of methoxy groups -OCH3 is 1. The first-order chi connectivity index (χ1) is 11.1. The second-order valence-electron chi connectivity index (χ2n) is 4.56. The van der Waals surface area contributed by atoms with E-state index in [4.69, 9.17) is 9.26 Å². The Morgan fingerprint density at radius 1 is 1.48 bits per heavy atom. The van der Waals surface area contributed by atoms with Crippen LogP contribution in [0.2, 0.25) is 0 Å². The molecule has 6 nitrogen and oxygen atoms in total. The Balaban J connectivity index is 2.18. The molecule has 9 heteroatoms. The van der Waals surface area contributed by atoms with E-state index in [1.807, 2.05) is 0 Å². The predicted molar refractivity (Wildman–Crippen MR) is 78.0 cm³/mol. The number of rotatable bonds is 4. The second-order valence-corrected chi connectivity index (χ2v) is 5.57. The maximum absolute atomic E-state index is 14.1. The monoisotopic (exact) mass is 339 g/mol. The summed E-state index contributed by atoms with van der Waals surface area (Å²) in [5.74, 6) is -2.10. The molecule has 0 aliphatic rings. The van der Waals surface area contributed by atoms with Gasteiger partial charge in [0.2, 0.25) is 5.76 Å². The summed E-state index contributed by atoms with van der Waals surface area (Å²) in [6.07, 6.45) is 1.32. The number of hydrogen-bond donors (Lipinski definition) is 0. The Bertz CT molecular complexity index is 915. The van der Waals surface area contributed by atoms with Gasteiger partial charge in [0, 0.05) is 25.8 Å². The average Bonchev–Trinajstić information content (AvgIpc) is 3.12. The molecule has 1 aromatic carbocycles. The number of halogens is 2. The summed E-state index contributed by atoms with van der Waals surface area (Å²) < 4.78 is 39.1. The van der Waals surface area contributed by atoms with Gasteiger partial charge < -0.3 is 13.8 Å². The highest BCUT2D eigenvalue weighted by atomic mass is 32.1. The van der Waals surface area contributed by atoms with Crippen LogP contribution in [0.3, 0.4) is 0 Å². The highest BCUT2D eigenvalue weighted by Crippen LogP contribution is 2.22. The zero-order valence-electron chi connectivity index (χ0n) is 12.0. The van der Waals surface area contributed by atoms with Crippen LogP contribution in [0, 0.1) is 11.6 Å². The van der Waals surface area contributed by atoms with Crippen molar-refractivity contribution in [3.05, 3.63) is 46.6 Å². The van der Waals surface area contributed by atoms with Crippen LogP contribution in [-0.4, -0.2) is 29.3 Å². The first kappa shape index (κ1) is 15.5. The summed E-state index contributed by atoms with van der Waals surface area (Å²) in [5, 5.41) is 3.44. The molecule has 0 saturated heterocycles. The zero-order chi connectivity index (χ0) is 16.4. The van der Waals surface area contributed by atoms with Crippen molar-refractivity contribution in [2.24, 2.45) is 4.99 Å². The number of benzene rings is 1. The molecule has 0 fully saturated rings. The van der Waals surface area contributed by atoms with Gasteiger partial charge in [-0.3, -0.25) is 4.79 Å². The van der Waals surface area contributed by atoms with Crippen molar-refractivity contribution in [2.45, 2.75) is 6.54 Å². The van der Waals surface area contributed by atoms with Gasteiger partial charge in [-0.25, -0.2) is 8.78 Å². The van der Waals surface area contributed by atoms with Crippen LogP contribution in [0.15, 0.2) is 33.9 Å². The molecular formula is C14H11F2N3O3S. The standard InChI is InChI=1S/C14H11F2N3O3S/c1-21-5-4-19-12-9(16)6-8(15)7-11(12)23-14(19)18-13(20)10-2-3-17-22-10/h2-3,6-7H,4-5H2,1H3. The minimum absolute atomic E-state index is 0.0348. The van der Waals surface area contributed by atoms with Crippen LogP contribution >= 0.6 is 11.3 Å². The summed E-state index contributed by atoms with van der Waals surface area (Å²) in [7, 11) is 1.50. The normalized spacial score (nSPS) is 12.2. The molecule has 0 spiro atoms. The molecule has 0 atom stereocenters. The predicted octanol–water partition coefficient (Wildman–Crippen LogP) is 2.36. The Morgan fingerprint density at radius 2 is 2.30 bits per heavy atom. The lowest BCUT2D eigenvalue weighted by Crippen LogP contribution is -2.19. The van der Waals surface area contributed by atoms with Gasteiger partial charge in [0.15, 0.2) is 10.6 Å². The van der Waals surface area contributed by atoms with Crippen molar-refractivity contribution < 1.29 is 22.8 Å². The van der Waals surface area contributed by atoms with E-state index >= 15 is 0 Å². The van der Waals surface area contributed by atoms with Crippen molar-refractivity contribution in [1.29, 1.82) is 0 Å². The average molecular weight is 339 g/mol. The van der Waals surface area contributed by atoms with E-state index in [0.29, 0.717) is 4.70 Å². The van der Waals surface area contributed by atoms with Crippen LogP contribution in [0.1, 0.15) is 10.6 Å². The number of aromatic nitrogens is 2. The van der Waals surface area contributed by atoms with Gasteiger partial charge in [-0.05, 0) is 6.07 Å². The molecule has 0 bridgehead atoms. The van der Waals surface area contributed by atoms with Gasteiger partial charge >= 0.3 is 5.91 Å². The Labute approximate surface area is 132 Å². The smallest absolute Gasteiger partial charge is 0.318 e. The summed E-state index contributed by atoms with van der Waals surface area (Å²) in [4.78, 5) is 16.2. The summed E-state index contributed by atoms with van der Waals surface area (Å²) in [6.45, 7) is 0.550. The summed E-state index contributed by atoms with van der Waals surface area (Å²) in [6, 6.07) is 3.36. The van der Waals surface area contributed by atoms with E-state index < -0.39 is 17.5 Å². The fourth-order valence-corrected chi connectivity index (χ4v) is 3.17. The van der Waals surface area contributed by atoms with Gasteiger partial charge in [0.05, 0.1) is 23.0 Å². The molecule has 3 rings (SSSR count). The van der Waals surface area contributed by atoms with E-state index in [-0.39, 0.29) is 29.2 Å². The highest BCUT2D eigenvalue weighted by Gasteiger charge is 2.15. The number of nitrogens with zero attached hydrogens (tertiary/aromatic N) is 3. The molecule has 3 aromatic rings. The molecule has 0 unspecified atom stereocenters. The number of hydrogen-bond acceptors (Lipinski definition) is 5. The minimum Gasteiger partial charge on any atom is -0.383 e. The number of carbonyl (C=O) groups is 1. The number of fused-ring (bicyclic) bond motifs is 1. The van der Waals surface area contributed by atoms with Crippen molar-refractivity contribution in [1.82, 2.24) is 9.72 Å². The first-order valence-corrected chi connectivity index (χ1v) is 7.39. The number of amides is 1. The highest BCUT2D eigenvalue weighted by molar-refractivity contribution is 7.16. The summed E-state index contributed by atoms with van der Waals surface area (Å²) >= 11 is 1.01. The summed E-state index contributed by atoms with van der Waals surface area (Å²) in [5.41, 5.74) is 0.178. The van der Waals surface area contributed by atoms with E-state index in [9.17, 15) is 13.6 Å². The van der Waals surface area contributed by atoms with E-state index in [1.165, 1.54) is 30.0 Å². The Hall–Kier alpha value is -2.39. The third-order valence-corrected chi connectivity index (χ3v) is 4.09. The maximum atomic E-state index is 14.1. The van der Waals surface area contributed by atoms with Crippen molar-refractivity contribution in [3.63, 3.8) is 0 Å². The maximum Gasteiger partial charge on any atom is 0.318 e. The topological polar surface area (TPSA) is 69.6 Å². The molecule has 2 heterocycles. The van der Waals surface area contributed by atoms with E-state index in [1.54, 1.807) is 0 Å². The van der Waals surface area contributed by atoms with E-state index in [2.05, 4.69) is 10.1 Å². The lowest BCUT2D eigenvalue weighted by atomic mass is 10.3. The van der Waals surface area contributed by atoms with Gasteiger partial charge in [-0.2, -0.15) is 4.99 Å². The Kier molecular flexibility index (Phi) is 4.30. The molecule has 0 aliphatic carbocycles. The third kappa shape index (κ3) is 3.06. The first-order valence-electron chi connectivity index (χ1n) is 6.57. The number of carbonyl (C=O) groups excluding carboxylic acids is 1. The molecule has 0 aliphatic heterocycles. The van der Waals surface area contributed by atoms with Crippen molar-refractivity contribution >= 4 is 27.5 Å². The number of thiazole rings is 1. The Morgan fingerprint density at radius 3 is 3.00 bits per heavy atom. The SMILES string of the molecule is COCCn1c(=NC(=O)c2ccno2)sc2cc(F)cc(F)c21. The zero-order valence-corrected chi connectivity index (χ0v) is 12.8. The van der Waals surface area contributed by atoms with Crippen LogP contribution < -0.4 is 4.80 Å². The van der Waals surface area contributed by atoms with Gasteiger partial charge in [-0.1, -0.05) is 16.5 Å². The van der Waals surface area contributed by atoms with Crippen LogP contribution in [0.4, 0.5) is 8.78 Å². The van der Waals surface area contributed by atoms with E-state index in [0.717, 1.165) is 17.4 Å². The lowest BCUT2D eigenvalue weighted by Gasteiger charge is -2.04. The fourth-order valence-electron chi connectivity index (χ4n) is 2.07.